The molecule has 4 heteroatoms. The van der Waals surface area contributed by atoms with E-state index in [9.17, 15) is 14.4 Å². The van der Waals surface area contributed by atoms with E-state index in [0.717, 1.165) is 12.8 Å². The van der Waals surface area contributed by atoms with Crippen molar-refractivity contribution in [1.82, 2.24) is 0 Å². The molecule has 2 aliphatic carbocycles. The molecule has 0 heterocycles. The monoisotopic (exact) mass is 252 g/mol. The highest BCUT2D eigenvalue weighted by molar-refractivity contribution is 6.43. The van der Waals surface area contributed by atoms with Crippen molar-refractivity contribution in [2.24, 2.45) is 16.7 Å². The fraction of sp³-hybridized carbons (Fsp3) is 0.786. The Bertz CT molecular complexity index is 410. The first-order valence-electron chi connectivity index (χ1n) is 6.61. The van der Waals surface area contributed by atoms with Crippen molar-refractivity contribution >= 4 is 17.5 Å². The van der Waals surface area contributed by atoms with Gasteiger partial charge in [-0.1, -0.05) is 20.8 Å². The van der Waals surface area contributed by atoms with Gasteiger partial charge in [-0.3, -0.25) is 14.4 Å². The first-order valence-corrected chi connectivity index (χ1v) is 6.61. The van der Waals surface area contributed by atoms with E-state index in [1.54, 1.807) is 0 Å². The van der Waals surface area contributed by atoms with Crippen LogP contribution in [0.25, 0.3) is 0 Å². The van der Waals surface area contributed by atoms with Gasteiger partial charge in [-0.2, -0.15) is 0 Å². The lowest BCUT2D eigenvalue weighted by Gasteiger charge is -2.34. The highest BCUT2D eigenvalue weighted by Gasteiger charge is 2.69. The van der Waals surface area contributed by atoms with Gasteiger partial charge in [0.25, 0.3) is 0 Å². The molecule has 2 fully saturated rings. The Balaban J connectivity index is 2.17. The van der Waals surface area contributed by atoms with Crippen LogP contribution in [0.15, 0.2) is 0 Å². The summed E-state index contributed by atoms with van der Waals surface area (Å²) in [6, 6.07) is 0. The molecule has 0 radical (unpaired) electrons. The van der Waals surface area contributed by atoms with Crippen molar-refractivity contribution in [3.05, 3.63) is 0 Å². The number of rotatable bonds is 4. The highest BCUT2D eigenvalue weighted by Crippen LogP contribution is 2.62. The topological polar surface area (TPSA) is 60.4 Å². The molecule has 2 bridgehead atoms. The number of carbonyl (C=O) groups excluding carboxylic acids is 3. The first-order chi connectivity index (χ1) is 8.37. The molecule has 2 rings (SSSR count). The smallest absolute Gasteiger partial charge is 0.305 e. The fourth-order valence-corrected chi connectivity index (χ4v) is 3.47. The van der Waals surface area contributed by atoms with Crippen LogP contribution in [-0.2, 0) is 19.1 Å². The summed E-state index contributed by atoms with van der Waals surface area (Å²) in [7, 11) is 0. The first kappa shape index (κ1) is 13.2. The summed E-state index contributed by atoms with van der Waals surface area (Å²) in [6.45, 7) is 5.86. The van der Waals surface area contributed by atoms with Crippen molar-refractivity contribution in [1.29, 1.82) is 0 Å². The Hall–Kier alpha value is -1.19. The summed E-state index contributed by atoms with van der Waals surface area (Å²) >= 11 is 0. The van der Waals surface area contributed by atoms with Crippen LogP contribution in [0, 0.1) is 16.7 Å². The molecule has 0 aromatic carbocycles. The van der Waals surface area contributed by atoms with Crippen molar-refractivity contribution in [3.8, 4) is 0 Å². The molecule has 0 amide bonds. The maximum absolute atomic E-state index is 12.1. The van der Waals surface area contributed by atoms with Crippen molar-refractivity contribution in [2.75, 3.05) is 6.61 Å². The predicted molar refractivity (Wildman–Crippen MR) is 64.8 cm³/mol. The zero-order valence-electron chi connectivity index (χ0n) is 11.2. The number of hydrogen-bond acceptors (Lipinski definition) is 4. The number of esters is 1. The average molecular weight is 252 g/mol. The Morgan fingerprint density at radius 1 is 1.39 bits per heavy atom. The second kappa shape index (κ2) is 4.18. The van der Waals surface area contributed by atoms with E-state index in [-0.39, 0.29) is 35.5 Å². The lowest BCUT2D eigenvalue weighted by Crippen LogP contribution is -2.41. The molecular formula is C14H20O4. The van der Waals surface area contributed by atoms with Crippen LogP contribution < -0.4 is 0 Å². The minimum Gasteiger partial charge on any atom is -0.465 e. The molecule has 18 heavy (non-hydrogen) atoms. The molecular weight excluding hydrogens is 232 g/mol. The maximum Gasteiger partial charge on any atom is 0.305 e. The van der Waals surface area contributed by atoms with Gasteiger partial charge in [0.1, 0.15) is 6.61 Å². The molecule has 2 saturated carbocycles. The Kier molecular flexibility index (Phi) is 3.07. The number of Topliss-reactive ketones (excluding diaryl/α,β-unsaturated/α-hetero) is 2. The van der Waals surface area contributed by atoms with Crippen LogP contribution in [0.2, 0.25) is 0 Å². The minimum absolute atomic E-state index is 0.0694. The molecule has 2 aliphatic rings. The van der Waals surface area contributed by atoms with Gasteiger partial charge in [0.15, 0.2) is 0 Å². The van der Waals surface area contributed by atoms with E-state index in [1.807, 2.05) is 20.8 Å². The van der Waals surface area contributed by atoms with Gasteiger partial charge in [-0.05, 0) is 24.7 Å². The SMILES string of the molecule is CCCC(=O)OCC12CCC(C(=O)C1=O)C2(C)C. The molecule has 0 aromatic rings. The van der Waals surface area contributed by atoms with E-state index in [0.29, 0.717) is 12.8 Å². The van der Waals surface area contributed by atoms with Gasteiger partial charge in [0.05, 0.1) is 5.41 Å². The van der Waals surface area contributed by atoms with Crippen LogP contribution >= 0.6 is 0 Å². The van der Waals surface area contributed by atoms with Gasteiger partial charge in [-0.25, -0.2) is 0 Å². The number of ether oxygens (including phenoxy) is 1. The van der Waals surface area contributed by atoms with E-state index in [2.05, 4.69) is 0 Å². The Morgan fingerprint density at radius 3 is 2.56 bits per heavy atom. The van der Waals surface area contributed by atoms with Crippen LogP contribution in [0.1, 0.15) is 46.5 Å². The van der Waals surface area contributed by atoms with Crippen molar-refractivity contribution in [2.45, 2.75) is 46.5 Å². The third-order valence-corrected chi connectivity index (χ3v) is 4.87. The normalized spacial score (nSPS) is 32.9. The van der Waals surface area contributed by atoms with Gasteiger partial charge >= 0.3 is 5.97 Å². The summed E-state index contributed by atoms with van der Waals surface area (Å²) < 4.78 is 5.23. The second-order valence-electron chi connectivity index (χ2n) is 6.00. The summed E-state index contributed by atoms with van der Waals surface area (Å²) in [4.78, 5) is 35.5. The molecule has 100 valence electrons. The number of carbonyl (C=O) groups is 3. The van der Waals surface area contributed by atoms with Crippen LogP contribution in [-0.4, -0.2) is 24.1 Å². The lowest BCUT2D eigenvalue weighted by atomic mass is 9.69. The zero-order chi connectivity index (χ0) is 13.6. The molecule has 4 nitrogen and oxygen atoms in total. The predicted octanol–water partition coefficient (Wildman–Crippen LogP) is 1.90. The van der Waals surface area contributed by atoms with E-state index in [1.165, 1.54) is 0 Å². The molecule has 2 unspecified atom stereocenters. The number of fused-ring (bicyclic) bond motifs is 2. The van der Waals surface area contributed by atoms with Gasteiger partial charge < -0.3 is 4.74 Å². The number of ketones is 2. The van der Waals surface area contributed by atoms with Crippen molar-refractivity contribution in [3.63, 3.8) is 0 Å². The summed E-state index contributed by atoms with van der Waals surface area (Å²) in [6.07, 6.45) is 2.49. The summed E-state index contributed by atoms with van der Waals surface area (Å²) in [5.74, 6) is -1.06. The van der Waals surface area contributed by atoms with Gasteiger partial charge in [0, 0.05) is 12.3 Å². The Morgan fingerprint density at radius 2 is 2.06 bits per heavy atom. The van der Waals surface area contributed by atoms with E-state index < -0.39 is 5.41 Å². The molecule has 0 saturated heterocycles. The largest absolute Gasteiger partial charge is 0.465 e. The third kappa shape index (κ3) is 1.54. The summed E-state index contributed by atoms with van der Waals surface area (Å²) in [5, 5.41) is 0. The fourth-order valence-electron chi connectivity index (χ4n) is 3.47. The van der Waals surface area contributed by atoms with Crippen LogP contribution in [0.5, 0.6) is 0 Å². The average Bonchev–Trinajstić information content (AvgIpc) is 2.63. The maximum atomic E-state index is 12.1. The van der Waals surface area contributed by atoms with Gasteiger partial charge in [0.2, 0.25) is 11.6 Å². The molecule has 0 aliphatic heterocycles. The van der Waals surface area contributed by atoms with Crippen molar-refractivity contribution < 1.29 is 19.1 Å². The zero-order valence-corrected chi connectivity index (χ0v) is 11.2. The molecule has 0 spiro atoms. The molecule has 2 atom stereocenters. The molecule has 0 N–H and O–H groups in total. The molecule has 0 aromatic heterocycles. The lowest BCUT2D eigenvalue weighted by molar-refractivity contribution is -0.154. The van der Waals surface area contributed by atoms with E-state index >= 15 is 0 Å². The van der Waals surface area contributed by atoms with E-state index in [4.69, 9.17) is 4.74 Å². The number of hydrogen-bond donors (Lipinski definition) is 0. The quantitative estimate of drug-likeness (QED) is 0.566. The third-order valence-electron chi connectivity index (χ3n) is 4.87. The standard InChI is InChI=1S/C14H20O4/c1-4-5-10(15)18-8-14-7-6-9(13(14,2)3)11(16)12(14)17/h9H,4-8H2,1-3H3. The highest BCUT2D eigenvalue weighted by atomic mass is 16.5. The summed E-state index contributed by atoms with van der Waals surface area (Å²) in [5.41, 5.74) is -1.15. The van der Waals surface area contributed by atoms with Gasteiger partial charge in [-0.15, -0.1) is 0 Å². The second-order valence-corrected chi connectivity index (χ2v) is 6.00. The Labute approximate surface area is 107 Å². The van der Waals surface area contributed by atoms with Crippen LogP contribution in [0.4, 0.5) is 0 Å². The van der Waals surface area contributed by atoms with Crippen LogP contribution in [0.3, 0.4) is 0 Å². The minimum atomic E-state index is -0.766.